The molecule has 1 aromatic carbocycles. The molecule has 0 fully saturated rings. The van der Waals surface area contributed by atoms with Gasteiger partial charge in [-0.05, 0) is 25.0 Å². The third kappa shape index (κ3) is 1.93. The first kappa shape index (κ1) is 12.9. The summed E-state index contributed by atoms with van der Waals surface area (Å²) < 4.78 is 11.0. The molecule has 4 heteroatoms. The first-order valence-electron chi connectivity index (χ1n) is 6.83. The molecule has 0 amide bonds. The summed E-state index contributed by atoms with van der Waals surface area (Å²) >= 11 is 0. The molecule has 3 aromatic rings. The Labute approximate surface area is 116 Å². The van der Waals surface area contributed by atoms with Crippen molar-refractivity contribution >= 4 is 21.9 Å². The van der Waals surface area contributed by atoms with Crippen molar-refractivity contribution in [1.29, 1.82) is 0 Å². The highest BCUT2D eigenvalue weighted by Crippen LogP contribution is 2.31. The van der Waals surface area contributed by atoms with Crippen molar-refractivity contribution in [3.63, 3.8) is 0 Å². The Morgan fingerprint density at radius 1 is 1.10 bits per heavy atom. The lowest BCUT2D eigenvalue weighted by molar-refractivity contribution is 0.540. The van der Waals surface area contributed by atoms with Gasteiger partial charge in [0.05, 0.1) is 6.54 Å². The van der Waals surface area contributed by atoms with Gasteiger partial charge < -0.3 is 14.6 Å². The lowest BCUT2D eigenvalue weighted by Gasteiger charge is -2.01. The highest BCUT2D eigenvalue weighted by molar-refractivity contribution is 5.96. The highest BCUT2D eigenvalue weighted by Gasteiger charge is 2.15. The van der Waals surface area contributed by atoms with Crippen molar-refractivity contribution in [1.82, 2.24) is 0 Å². The van der Waals surface area contributed by atoms with Crippen molar-refractivity contribution < 1.29 is 8.83 Å². The van der Waals surface area contributed by atoms with E-state index in [1.165, 1.54) is 6.07 Å². The molecule has 0 spiro atoms. The van der Waals surface area contributed by atoms with Crippen LogP contribution in [0.25, 0.3) is 21.9 Å². The van der Waals surface area contributed by atoms with Crippen molar-refractivity contribution in [2.24, 2.45) is 5.73 Å². The number of benzene rings is 1. The largest absolute Gasteiger partial charge is 0.459 e. The number of rotatable bonds is 3. The summed E-state index contributed by atoms with van der Waals surface area (Å²) in [5.74, 6) is 0.817. The van der Waals surface area contributed by atoms with Crippen LogP contribution in [0.1, 0.15) is 30.2 Å². The van der Waals surface area contributed by atoms with Crippen LogP contribution < -0.4 is 11.4 Å². The predicted molar refractivity (Wildman–Crippen MR) is 78.9 cm³/mol. The van der Waals surface area contributed by atoms with Crippen LogP contribution in [0.2, 0.25) is 0 Å². The van der Waals surface area contributed by atoms with Gasteiger partial charge in [-0.25, -0.2) is 4.79 Å². The monoisotopic (exact) mass is 271 g/mol. The highest BCUT2D eigenvalue weighted by atomic mass is 16.4. The fourth-order valence-electron chi connectivity index (χ4n) is 2.70. The second-order valence-electron chi connectivity index (χ2n) is 5.05. The van der Waals surface area contributed by atoms with Gasteiger partial charge in [0.15, 0.2) is 0 Å². The summed E-state index contributed by atoms with van der Waals surface area (Å²) in [5.41, 5.74) is 8.79. The second-order valence-corrected chi connectivity index (χ2v) is 5.05. The maximum Gasteiger partial charge on any atom is 0.336 e. The van der Waals surface area contributed by atoms with Gasteiger partial charge in [-0.3, -0.25) is 0 Å². The van der Waals surface area contributed by atoms with Gasteiger partial charge in [-0.2, -0.15) is 0 Å². The van der Waals surface area contributed by atoms with Crippen LogP contribution in [0.15, 0.2) is 31.8 Å². The standard InChI is InChI=1S/C16H17NO3/c1-3-4-10-12-6-11-9(2)5-16(18)20-13(11)7-14(12)19-15(10)8-17/h5-7H,3-4,8,17H2,1-2H3. The maximum absolute atomic E-state index is 11.5. The van der Waals surface area contributed by atoms with Crippen molar-refractivity contribution in [2.45, 2.75) is 33.2 Å². The van der Waals surface area contributed by atoms with E-state index in [9.17, 15) is 4.79 Å². The van der Waals surface area contributed by atoms with Crippen molar-refractivity contribution in [3.05, 3.63) is 45.5 Å². The molecule has 0 unspecified atom stereocenters. The molecule has 0 bridgehead atoms. The molecule has 0 atom stereocenters. The second kappa shape index (κ2) is 4.80. The van der Waals surface area contributed by atoms with E-state index in [-0.39, 0.29) is 5.63 Å². The molecule has 0 aliphatic heterocycles. The van der Waals surface area contributed by atoms with E-state index >= 15 is 0 Å². The van der Waals surface area contributed by atoms with Crippen LogP contribution in [-0.2, 0) is 13.0 Å². The lowest BCUT2D eigenvalue weighted by atomic mass is 10.0. The van der Waals surface area contributed by atoms with Crippen molar-refractivity contribution in [3.8, 4) is 0 Å². The third-order valence-corrected chi connectivity index (χ3v) is 3.63. The summed E-state index contributed by atoms with van der Waals surface area (Å²) in [5, 5.41) is 2.01. The normalized spacial score (nSPS) is 11.6. The molecule has 0 radical (unpaired) electrons. The van der Waals surface area contributed by atoms with Crippen LogP contribution in [0.5, 0.6) is 0 Å². The van der Waals surface area contributed by atoms with Gasteiger partial charge in [0.1, 0.15) is 16.9 Å². The quantitative estimate of drug-likeness (QED) is 0.742. The van der Waals surface area contributed by atoms with Crippen LogP contribution in [0, 0.1) is 6.92 Å². The SMILES string of the molecule is CCCc1c(CN)oc2cc3oc(=O)cc(C)c3cc12. The number of furan rings is 1. The summed E-state index contributed by atoms with van der Waals surface area (Å²) in [4.78, 5) is 11.5. The Kier molecular flexibility index (Phi) is 3.10. The van der Waals surface area contributed by atoms with Gasteiger partial charge in [0.2, 0.25) is 0 Å². The van der Waals surface area contributed by atoms with E-state index in [2.05, 4.69) is 6.92 Å². The van der Waals surface area contributed by atoms with Gasteiger partial charge >= 0.3 is 5.63 Å². The zero-order valence-electron chi connectivity index (χ0n) is 11.7. The molecule has 0 saturated carbocycles. The van der Waals surface area contributed by atoms with E-state index in [1.54, 1.807) is 6.07 Å². The zero-order chi connectivity index (χ0) is 14.3. The molecule has 3 rings (SSSR count). The van der Waals surface area contributed by atoms with Gasteiger partial charge in [0.25, 0.3) is 0 Å². The Morgan fingerprint density at radius 3 is 2.55 bits per heavy atom. The molecule has 104 valence electrons. The van der Waals surface area contributed by atoms with E-state index in [0.717, 1.165) is 46.1 Å². The summed E-state index contributed by atoms with van der Waals surface area (Å²) in [6, 6.07) is 5.34. The van der Waals surface area contributed by atoms with E-state index in [4.69, 9.17) is 14.6 Å². The minimum absolute atomic E-state index is 0.339. The van der Waals surface area contributed by atoms with Crippen LogP contribution in [-0.4, -0.2) is 0 Å². The minimum Gasteiger partial charge on any atom is -0.459 e. The third-order valence-electron chi connectivity index (χ3n) is 3.63. The average molecular weight is 271 g/mol. The van der Waals surface area contributed by atoms with Gasteiger partial charge in [-0.1, -0.05) is 13.3 Å². The van der Waals surface area contributed by atoms with E-state index < -0.39 is 0 Å². The molecular formula is C16H17NO3. The van der Waals surface area contributed by atoms with E-state index in [0.29, 0.717) is 12.1 Å². The zero-order valence-corrected chi connectivity index (χ0v) is 11.7. The summed E-state index contributed by atoms with van der Waals surface area (Å²) in [6.45, 7) is 4.42. The molecule has 2 aromatic heterocycles. The average Bonchev–Trinajstić information content (AvgIpc) is 2.74. The molecule has 0 saturated heterocycles. The number of hydrogen-bond donors (Lipinski definition) is 1. The first-order valence-corrected chi connectivity index (χ1v) is 6.83. The fraction of sp³-hybridized carbons (Fsp3) is 0.312. The Hall–Kier alpha value is -2.07. The topological polar surface area (TPSA) is 69.4 Å². The van der Waals surface area contributed by atoms with Crippen LogP contribution in [0.3, 0.4) is 0 Å². The number of nitrogens with two attached hydrogens (primary N) is 1. The molecule has 2 heterocycles. The maximum atomic E-state index is 11.5. The molecule has 0 aliphatic carbocycles. The van der Waals surface area contributed by atoms with Crippen LogP contribution >= 0.6 is 0 Å². The number of hydrogen-bond acceptors (Lipinski definition) is 4. The van der Waals surface area contributed by atoms with E-state index in [1.807, 2.05) is 13.0 Å². The Morgan fingerprint density at radius 2 is 1.85 bits per heavy atom. The predicted octanol–water partition coefficient (Wildman–Crippen LogP) is 3.26. The van der Waals surface area contributed by atoms with Crippen LogP contribution in [0.4, 0.5) is 0 Å². The molecule has 4 nitrogen and oxygen atoms in total. The Balaban J connectivity index is 2.40. The fourth-order valence-corrected chi connectivity index (χ4v) is 2.70. The smallest absolute Gasteiger partial charge is 0.336 e. The summed E-state index contributed by atoms with van der Waals surface area (Å²) in [7, 11) is 0. The van der Waals surface area contributed by atoms with Gasteiger partial charge in [-0.15, -0.1) is 0 Å². The number of aryl methyl sites for hydroxylation is 2. The summed E-state index contributed by atoms with van der Waals surface area (Å²) in [6.07, 6.45) is 1.96. The molecule has 2 N–H and O–H groups in total. The molecule has 20 heavy (non-hydrogen) atoms. The molecular weight excluding hydrogens is 254 g/mol. The van der Waals surface area contributed by atoms with Crippen molar-refractivity contribution in [2.75, 3.05) is 0 Å². The van der Waals surface area contributed by atoms with Gasteiger partial charge in [0, 0.05) is 28.5 Å². The first-order chi connectivity index (χ1) is 9.63. The lowest BCUT2D eigenvalue weighted by Crippen LogP contribution is -1.98. The number of fused-ring (bicyclic) bond motifs is 2. The molecule has 0 aliphatic rings. The Bertz CT molecular complexity index is 842. The minimum atomic E-state index is -0.339.